The van der Waals surface area contributed by atoms with Gasteiger partial charge in [0.05, 0.1) is 0 Å². The molecule has 0 saturated carbocycles. The maximum atomic E-state index is 12.7. The summed E-state index contributed by atoms with van der Waals surface area (Å²) in [5.74, 6) is -0.220. The third-order valence-corrected chi connectivity index (χ3v) is 2.63. The molecule has 0 aliphatic heterocycles. The summed E-state index contributed by atoms with van der Waals surface area (Å²) >= 11 is 3.31. The second-order valence-corrected chi connectivity index (χ2v) is 3.91. The summed E-state index contributed by atoms with van der Waals surface area (Å²) in [6, 6.07) is 4.71. The Labute approximate surface area is 91.8 Å². The first-order valence-electron chi connectivity index (χ1n) is 4.58. The van der Waals surface area contributed by atoms with Gasteiger partial charge in [-0.1, -0.05) is 22.0 Å². The molecular formula is C10H14BrFN2. The third-order valence-electron chi connectivity index (χ3n) is 1.89. The van der Waals surface area contributed by atoms with Crippen LogP contribution in [0.1, 0.15) is 12.0 Å². The Morgan fingerprint density at radius 1 is 1.43 bits per heavy atom. The van der Waals surface area contributed by atoms with Crippen LogP contribution >= 0.6 is 15.9 Å². The van der Waals surface area contributed by atoms with Crippen LogP contribution in [0.2, 0.25) is 0 Å². The summed E-state index contributed by atoms with van der Waals surface area (Å²) < 4.78 is 13.5. The maximum Gasteiger partial charge on any atom is 0.124 e. The topological polar surface area (TPSA) is 38.0 Å². The number of hydrogen-bond donors (Lipinski definition) is 2. The van der Waals surface area contributed by atoms with Gasteiger partial charge < -0.3 is 11.1 Å². The maximum absolute atomic E-state index is 12.7. The summed E-state index contributed by atoms with van der Waals surface area (Å²) in [6.07, 6.45) is 0.957. The standard InChI is InChI=1S/C10H14BrFN2/c11-10-6-9(12)3-2-8(10)7-14-5-1-4-13/h2-3,6,14H,1,4-5,7,13H2. The largest absolute Gasteiger partial charge is 0.330 e. The van der Waals surface area contributed by atoms with Gasteiger partial charge in [-0.2, -0.15) is 0 Å². The highest BCUT2D eigenvalue weighted by Crippen LogP contribution is 2.17. The lowest BCUT2D eigenvalue weighted by Crippen LogP contribution is -2.17. The fourth-order valence-electron chi connectivity index (χ4n) is 1.12. The average Bonchev–Trinajstić information content (AvgIpc) is 2.15. The molecule has 14 heavy (non-hydrogen) atoms. The Bertz CT molecular complexity index is 291. The lowest BCUT2D eigenvalue weighted by Gasteiger charge is -2.06. The summed E-state index contributed by atoms with van der Waals surface area (Å²) in [4.78, 5) is 0. The highest BCUT2D eigenvalue weighted by molar-refractivity contribution is 9.10. The van der Waals surface area contributed by atoms with E-state index in [2.05, 4.69) is 21.2 Å². The quantitative estimate of drug-likeness (QED) is 0.796. The molecule has 0 unspecified atom stereocenters. The van der Waals surface area contributed by atoms with E-state index < -0.39 is 0 Å². The number of rotatable bonds is 5. The summed E-state index contributed by atoms with van der Waals surface area (Å²) in [6.45, 7) is 2.32. The molecule has 4 heteroatoms. The van der Waals surface area contributed by atoms with E-state index in [0.717, 1.165) is 29.5 Å². The third kappa shape index (κ3) is 3.74. The van der Waals surface area contributed by atoms with E-state index in [1.807, 2.05) is 0 Å². The van der Waals surface area contributed by atoms with Crippen LogP contribution in [0, 0.1) is 5.82 Å². The van der Waals surface area contributed by atoms with Gasteiger partial charge in [-0.05, 0) is 37.2 Å². The first-order chi connectivity index (χ1) is 6.74. The second-order valence-electron chi connectivity index (χ2n) is 3.05. The molecule has 0 amide bonds. The Kier molecular flexibility index (Phi) is 5.07. The average molecular weight is 261 g/mol. The molecule has 78 valence electrons. The Balaban J connectivity index is 2.42. The zero-order chi connectivity index (χ0) is 10.4. The van der Waals surface area contributed by atoms with Crippen LogP contribution in [0.15, 0.2) is 22.7 Å². The van der Waals surface area contributed by atoms with Crippen LogP contribution in [-0.2, 0) is 6.54 Å². The van der Waals surface area contributed by atoms with Crippen molar-refractivity contribution >= 4 is 15.9 Å². The molecule has 0 bridgehead atoms. The molecule has 2 nitrogen and oxygen atoms in total. The van der Waals surface area contributed by atoms with Crippen LogP contribution in [0.4, 0.5) is 4.39 Å². The number of hydrogen-bond acceptors (Lipinski definition) is 2. The lowest BCUT2D eigenvalue weighted by molar-refractivity contribution is 0.621. The fraction of sp³-hybridized carbons (Fsp3) is 0.400. The Morgan fingerprint density at radius 2 is 2.21 bits per heavy atom. The molecule has 0 fully saturated rings. The summed E-state index contributed by atoms with van der Waals surface area (Å²) in [5.41, 5.74) is 6.42. The number of halogens is 2. The van der Waals surface area contributed by atoms with Crippen LogP contribution in [0.5, 0.6) is 0 Å². The molecule has 0 radical (unpaired) electrons. The van der Waals surface area contributed by atoms with E-state index in [1.54, 1.807) is 6.07 Å². The molecule has 1 aromatic rings. The van der Waals surface area contributed by atoms with Gasteiger partial charge in [0.2, 0.25) is 0 Å². The number of nitrogens with one attached hydrogen (secondary N) is 1. The van der Waals surface area contributed by atoms with Crippen molar-refractivity contribution in [2.24, 2.45) is 5.73 Å². The van der Waals surface area contributed by atoms with Gasteiger partial charge in [-0.15, -0.1) is 0 Å². The normalized spacial score (nSPS) is 10.5. The van der Waals surface area contributed by atoms with E-state index >= 15 is 0 Å². The highest BCUT2D eigenvalue weighted by Gasteiger charge is 2.00. The minimum absolute atomic E-state index is 0.220. The molecule has 0 saturated heterocycles. The summed E-state index contributed by atoms with van der Waals surface area (Å²) in [7, 11) is 0. The lowest BCUT2D eigenvalue weighted by atomic mass is 10.2. The molecular weight excluding hydrogens is 247 g/mol. The minimum atomic E-state index is -0.220. The van der Waals surface area contributed by atoms with Crippen molar-refractivity contribution in [3.05, 3.63) is 34.1 Å². The molecule has 3 N–H and O–H groups in total. The van der Waals surface area contributed by atoms with Crippen LogP contribution in [0.25, 0.3) is 0 Å². The predicted molar refractivity (Wildman–Crippen MR) is 59.5 cm³/mol. The Hall–Kier alpha value is -0.450. The molecule has 0 heterocycles. The van der Waals surface area contributed by atoms with Gasteiger partial charge in [0, 0.05) is 11.0 Å². The van der Waals surface area contributed by atoms with Crippen molar-refractivity contribution in [2.75, 3.05) is 13.1 Å². The van der Waals surface area contributed by atoms with Gasteiger partial charge >= 0.3 is 0 Å². The van der Waals surface area contributed by atoms with Crippen LogP contribution in [0.3, 0.4) is 0 Å². The minimum Gasteiger partial charge on any atom is -0.330 e. The first-order valence-corrected chi connectivity index (χ1v) is 5.38. The van der Waals surface area contributed by atoms with E-state index in [4.69, 9.17) is 5.73 Å². The zero-order valence-corrected chi connectivity index (χ0v) is 9.48. The SMILES string of the molecule is NCCCNCc1ccc(F)cc1Br. The molecule has 0 atom stereocenters. The van der Waals surface area contributed by atoms with Gasteiger partial charge in [0.1, 0.15) is 5.82 Å². The number of nitrogens with two attached hydrogens (primary N) is 1. The molecule has 0 aromatic heterocycles. The van der Waals surface area contributed by atoms with Crippen molar-refractivity contribution < 1.29 is 4.39 Å². The smallest absolute Gasteiger partial charge is 0.124 e. The fourth-order valence-corrected chi connectivity index (χ4v) is 1.61. The predicted octanol–water partition coefficient (Wildman–Crippen LogP) is 2.03. The Morgan fingerprint density at radius 3 is 2.86 bits per heavy atom. The second kappa shape index (κ2) is 6.11. The van der Waals surface area contributed by atoms with E-state index in [0.29, 0.717) is 6.54 Å². The van der Waals surface area contributed by atoms with Gasteiger partial charge in [-0.25, -0.2) is 4.39 Å². The molecule has 0 aliphatic rings. The van der Waals surface area contributed by atoms with E-state index in [9.17, 15) is 4.39 Å². The zero-order valence-electron chi connectivity index (χ0n) is 7.89. The van der Waals surface area contributed by atoms with Crippen molar-refractivity contribution in [1.29, 1.82) is 0 Å². The van der Waals surface area contributed by atoms with Crippen LogP contribution < -0.4 is 11.1 Å². The number of benzene rings is 1. The molecule has 1 aromatic carbocycles. The van der Waals surface area contributed by atoms with Gasteiger partial charge in [0.15, 0.2) is 0 Å². The molecule has 1 rings (SSSR count). The van der Waals surface area contributed by atoms with Gasteiger partial charge in [0.25, 0.3) is 0 Å². The van der Waals surface area contributed by atoms with Crippen molar-refractivity contribution in [3.63, 3.8) is 0 Å². The molecule has 0 aliphatic carbocycles. The van der Waals surface area contributed by atoms with E-state index in [-0.39, 0.29) is 5.82 Å². The first kappa shape index (κ1) is 11.6. The van der Waals surface area contributed by atoms with E-state index in [1.165, 1.54) is 12.1 Å². The summed E-state index contributed by atoms with van der Waals surface area (Å²) in [5, 5.41) is 3.23. The van der Waals surface area contributed by atoms with Gasteiger partial charge in [-0.3, -0.25) is 0 Å². The van der Waals surface area contributed by atoms with Crippen molar-refractivity contribution in [2.45, 2.75) is 13.0 Å². The molecule has 0 spiro atoms. The van der Waals surface area contributed by atoms with Crippen molar-refractivity contribution in [3.8, 4) is 0 Å². The van der Waals surface area contributed by atoms with Crippen molar-refractivity contribution in [1.82, 2.24) is 5.32 Å². The van der Waals surface area contributed by atoms with Crippen LogP contribution in [-0.4, -0.2) is 13.1 Å². The highest BCUT2D eigenvalue weighted by atomic mass is 79.9. The monoisotopic (exact) mass is 260 g/mol.